The molecule has 0 aliphatic rings. The summed E-state index contributed by atoms with van der Waals surface area (Å²) in [6, 6.07) is 0. The fourth-order valence-corrected chi connectivity index (χ4v) is 6.24. The van der Waals surface area contributed by atoms with E-state index in [1.54, 1.807) is 20.8 Å². The Kier molecular flexibility index (Phi) is 5.56. The third kappa shape index (κ3) is 3.30. The highest BCUT2D eigenvalue weighted by molar-refractivity contribution is 7.61. The molecule has 0 heterocycles. The number of hydrogen-bond donors (Lipinski definition) is 0. The van der Waals surface area contributed by atoms with E-state index in [9.17, 15) is 4.57 Å². The lowest BCUT2D eigenvalue weighted by atomic mass is 10.9. The zero-order valence-corrected chi connectivity index (χ0v) is 13.1. The Hall–Kier alpha value is 0.657. The molecular weight excluding hydrogens is 251 g/mol. The first kappa shape index (κ1) is 15.7. The van der Waals surface area contributed by atoms with Gasteiger partial charge in [0, 0.05) is 0 Å². The van der Waals surface area contributed by atoms with Gasteiger partial charge >= 0.3 is 7.60 Å². The molecule has 1 atom stereocenters. The van der Waals surface area contributed by atoms with Gasteiger partial charge in [-0.15, -0.1) is 11.6 Å². The molecular formula is C9H22ClO3PSi. The minimum atomic E-state index is -3.22. The molecule has 0 amide bonds. The molecule has 6 heteroatoms. The van der Waals surface area contributed by atoms with Crippen LogP contribution in [0.25, 0.3) is 0 Å². The van der Waals surface area contributed by atoms with Gasteiger partial charge in [-0.25, -0.2) is 0 Å². The van der Waals surface area contributed by atoms with Crippen molar-refractivity contribution in [2.75, 3.05) is 13.2 Å². The Labute approximate surface area is 99.0 Å². The van der Waals surface area contributed by atoms with E-state index in [0.29, 0.717) is 13.2 Å². The fourth-order valence-electron chi connectivity index (χ4n) is 1.03. The average molecular weight is 273 g/mol. The first-order valence-corrected chi connectivity index (χ1v) is 10.6. The van der Waals surface area contributed by atoms with Crippen LogP contribution in [0.1, 0.15) is 20.8 Å². The summed E-state index contributed by atoms with van der Waals surface area (Å²) in [4.78, 5) is 0. The zero-order valence-electron chi connectivity index (χ0n) is 10.5. The number of hydrogen-bond acceptors (Lipinski definition) is 3. The van der Waals surface area contributed by atoms with Crippen molar-refractivity contribution in [2.24, 2.45) is 0 Å². The summed E-state index contributed by atoms with van der Waals surface area (Å²) in [7, 11) is -5.06. The van der Waals surface area contributed by atoms with Crippen molar-refractivity contribution in [3.05, 3.63) is 0 Å². The van der Waals surface area contributed by atoms with E-state index in [0.717, 1.165) is 0 Å². The van der Waals surface area contributed by atoms with Gasteiger partial charge in [-0.3, -0.25) is 4.57 Å². The van der Waals surface area contributed by atoms with Crippen LogP contribution >= 0.6 is 19.2 Å². The van der Waals surface area contributed by atoms with Crippen molar-refractivity contribution < 1.29 is 13.6 Å². The molecule has 0 saturated carbocycles. The summed E-state index contributed by atoms with van der Waals surface area (Å²) < 4.78 is 22.3. The molecule has 0 spiro atoms. The van der Waals surface area contributed by atoms with Gasteiger partial charge in [0.25, 0.3) is 0 Å². The molecule has 0 bridgehead atoms. The fraction of sp³-hybridized carbons (Fsp3) is 1.00. The second kappa shape index (κ2) is 5.33. The second-order valence-corrected chi connectivity index (χ2v) is 14.2. The molecule has 15 heavy (non-hydrogen) atoms. The SMILES string of the molecule is CCOP(=O)(OCC)C(C)(Cl)[Si](C)(C)C. The highest BCUT2D eigenvalue weighted by Crippen LogP contribution is 2.65. The van der Waals surface area contributed by atoms with Crippen LogP contribution in [-0.2, 0) is 13.6 Å². The quantitative estimate of drug-likeness (QED) is 0.415. The summed E-state index contributed by atoms with van der Waals surface area (Å²) in [5.74, 6) is 0. The van der Waals surface area contributed by atoms with Gasteiger partial charge in [0.05, 0.1) is 21.3 Å². The third-order valence-corrected chi connectivity index (χ3v) is 12.6. The Bertz CT molecular complexity index is 240. The highest BCUT2D eigenvalue weighted by Gasteiger charge is 2.54. The maximum absolute atomic E-state index is 12.5. The van der Waals surface area contributed by atoms with Crippen LogP contribution in [0.5, 0.6) is 0 Å². The van der Waals surface area contributed by atoms with Crippen molar-refractivity contribution in [1.29, 1.82) is 0 Å². The van der Waals surface area contributed by atoms with Crippen LogP contribution in [0.4, 0.5) is 0 Å². The van der Waals surface area contributed by atoms with Gasteiger partial charge in [0.15, 0.2) is 0 Å². The average Bonchev–Trinajstić information content (AvgIpc) is 2.02. The summed E-state index contributed by atoms with van der Waals surface area (Å²) in [6.07, 6.45) is 0. The van der Waals surface area contributed by atoms with E-state index >= 15 is 0 Å². The predicted octanol–water partition coefficient (Wildman–Crippen LogP) is 4.08. The van der Waals surface area contributed by atoms with Crippen LogP contribution < -0.4 is 0 Å². The van der Waals surface area contributed by atoms with Crippen LogP contribution in [0.2, 0.25) is 19.6 Å². The summed E-state index contributed by atoms with van der Waals surface area (Å²) in [5.41, 5.74) is 0. The van der Waals surface area contributed by atoms with Crippen LogP contribution in [-0.4, -0.2) is 25.5 Å². The molecule has 0 aliphatic heterocycles. The van der Waals surface area contributed by atoms with Crippen LogP contribution in [0, 0.1) is 0 Å². The molecule has 0 N–H and O–H groups in total. The van der Waals surface area contributed by atoms with E-state index in [1.165, 1.54) is 0 Å². The minimum absolute atomic E-state index is 0.351. The van der Waals surface area contributed by atoms with Gasteiger partial charge in [0.2, 0.25) is 0 Å². The molecule has 3 nitrogen and oxygen atoms in total. The zero-order chi connectivity index (χ0) is 12.3. The van der Waals surface area contributed by atoms with E-state index < -0.39 is 19.9 Å². The van der Waals surface area contributed by atoms with E-state index in [4.69, 9.17) is 20.6 Å². The minimum Gasteiger partial charge on any atom is -0.308 e. The normalized spacial score (nSPS) is 17.5. The summed E-state index contributed by atoms with van der Waals surface area (Å²) >= 11 is 6.43. The first-order valence-electron chi connectivity index (χ1n) is 5.20. The van der Waals surface area contributed by atoms with Crippen LogP contribution in [0.15, 0.2) is 0 Å². The molecule has 0 radical (unpaired) electrons. The standard InChI is InChI=1S/C9H22ClO3PSi/c1-7-12-14(11,13-8-2)9(3,10)15(4,5)6/h7-8H2,1-6H3. The van der Waals surface area contributed by atoms with Crippen molar-refractivity contribution in [3.63, 3.8) is 0 Å². The van der Waals surface area contributed by atoms with E-state index in [2.05, 4.69) is 19.6 Å². The lowest BCUT2D eigenvalue weighted by Gasteiger charge is -2.39. The monoisotopic (exact) mass is 272 g/mol. The highest BCUT2D eigenvalue weighted by atomic mass is 35.5. The Morgan fingerprint density at radius 2 is 1.53 bits per heavy atom. The predicted molar refractivity (Wildman–Crippen MR) is 68.5 cm³/mol. The van der Waals surface area contributed by atoms with Crippen molar-refractivity contribution >= 4 is 27.3 Å². The lowest BCUT2D eigenvalue weighted by Crippen LogP contribution is -2.45. The molecule has 0 fully saturated rings. The van der Waals surface area contributed by atoms with Gasteiger partial charge in [-0.05, 0) is 20.8 Å². The maximum atomic E-state index is 12.5. The Morgan fingerprint density at radius 1 is 1.20 bits per heavy atom. The molecule has 1 unspecified atom stereocenters. The smallest absolute Gasteiger partial charge is 0.308 e. The molecule has 92 valence electrons. The number of rotatable bonds is 6. The lowest BCUT2D eigenvalue weighted by molar-refractivity contribution is 0.215. The number of alkyl halides is 1. The first-order chi connectivity index (χ1) is 6.62. The van der Waals surface area contributed by atoms with Gasteiger partial charge in [-0.1, -0.05) is 19.6 Å². The molecule has 0 aliphatic carbocycles. The molecule has 0 saturated heterocycles. The third-order valence-electron chi connectivity index (χ3n) is 2.48. The topological polar surface area (TPSA) is 35.5 Å². The van der Waals surface area contributed by atoms with E-state index in [-0.39, 0.29) is 0 Å². The second-order valence-electron chi connectivity index (χ2n) is 4.54. The summed E-state index contributed by atoms with van der Waals surface area (Å²) in [6.45, 7) is 12.2. The van der Waals surface area contributed by atoms with E-state index in [1.807, 2.05) is 0 Å². The molecule has 0 aromatic carbocycles. The van der Waals surface area contributed by atoms with Crippen molar-refractivity contribution in [2.45, 2.75) is 44.7 Å². The molecule has 0 aromatic heterocycles. The molecule has 0 aromatic rings. The van der Waals surface area contributed by atoms with Crippen molar-refractivity contribution in [3.8, 4) is 0 Å². The van der Waals surface area contributed by atoms with Gasteiger partial charge in [-0.2, -0.15) is 0 Å². The summed E-state index contributed by atoms with van der Waals surface area (Å²) in [5, 5.41) is 0. The largest absolute Gasteiger partial charge is 0.347 e. The van der Waals surface area contributed by atoms with Crippen molar-refractivity contribution in [1.82, 2.24) is 0 Å². The van der Waals surface area contributed by atoms with Gasteiger partial charge < -0.3 is 9.05 Å². The Morgan fingerprint density at radius 3 is 1.73 bits per heavy atom. The number of halogens is 1. The van der Waals surface area contributed by atoms with Crippen LogP contribution in [0.3, 0.4) is 0 Å². The molecule has 0 rings (SSSR count). The maximum Gasteiger partial charge on any atom is 0.347 e. The Balaban J connectivity index is 5.16. The van der Waals surface area contributed by atoms with Gasteiger partial charge in [0.1, 0.15) is 4.24 Å².